The number of rotatable bonds is 1. The highest BCUT2D eigenvalue weighted by Crippen LogP contribution is 2.36. The van der Waals surface area contributed by atoms with Crippen molar-refractivity contribution in [3.63, 3.8) is 0 Å². The number of carbonyl (C=O) groups excluding carboxylic acids is 2. The van der Waals surface area contributed by atoms with Gasteiger partial charge in [-0.1, -0.05) is 0 Å². The number of aryl methyl sites for hydroxylation is 2. The van der Waals surface area contributed by atoms with Crippen molar-refractivity contribution in [3.05, 3.63) is 28.8 Å². The van der Waals surface area contributed by atoms with E-state index < -0.39 is 5.54 Å². The highest BCUT2D eigenvalue weighted by atomic mass is 16.5. The van der Waals surface area contributed by atoms with Crippen molar-refractivity contribution < 1.29 is 14.3 Å². The number of ether oxygens (including phenoxy) is 1. The first-order valence-corrected chi connectivity index (χ1v) is 6.27. The average Bonchev–Trinajstić information content (AvgIpc) is 2.56. The number of hydrogen-bond donors (Lipinski definition) is 1. The van der Waals surface area contributed by atoms with E-state index in [4.69, 9.17) is 4.74 Å². The molecule has 0 aliphatic carbocycles. The Morgan fingerprint density at radius 3 is 2.21 bits per heavy atom. The van der Waals surface area contributed by atoms with Gasteiger partial charge in [-0.05, 0) is 49.6 Å². The second-order valence-corrected chi connectivity index (χ2v) is 5.32. The molecule has 1 spiro atoms. The zero-order valence-corrected chi connectivity index (χ0v) is 11.2. The second-order valence-electron chi connectivity index (χ2n) is 5.32. The molecular weight excluding hydrogens is 244 g/mol. The maximum Gasteiger partial charge on any atom is 0.329 e. The van der Waals surface area contributed by atoms with Crippen molar-refractivity contribution >= 4 is 17.6 Å². The normalized spacial score (nSPS) is 20.7. The molecule has 0 atom stereocenters. The minimum Gasteiger partial charge on any atom is -0.375 e. The molecule has 1 aromatic rings. The molecule has 2 aliphatic heterocycles. The lowest BCUT2D eigenvalue weighted by Gasteiger charge is -2.41. The zero-order chi connectivity index (χ0) is 13.8. The summed E-state index contributed by atoms with van der Waals surface area (Å²) in [6, 6.07) is 3.53. The number of hydrogen-bond acceptors (Lipinski definition) is 3. The highest BCUT2D eigenvalue weighted by Gasteiger charge is 2.59. The molecule has 3 amide bonds. The molecule has 0 radical (unpaired) electrons. The highest BCUT2D eigenvalue weighted by molar-refractivity contribution is 6.17. The molecule has 5 heteroatoms. The van der Waals surface area contributed by atoms with Crippen molar-refractivity contribution in [2.75, 3.05) is 18.1 Å². The summed E-state index contributed by atoms with van der Waals surface area (Å²) in [5.74, 6) is -0.264. The lowest BCUT2D eigenvalue weighted by atomic mass is 9.94. The summed E-state index contributed by atoms with van der Waals surface area (Å²) in [6.07, 6.45) is 0. The number of anilines is 1. The van der Waals surface area contributed by atoms with Crippen LogP contribution in [0.1, 0.15) is 16.7 Å². The van der Waals surface area contributed by atoms with Crippen LogP contribution in [0.4, 0.5) is 10.5 Å². The fourth-order valence-corrected chi connectivity index (χ4v) is 2.63. The summed E-state index contributed by atoms with van der Waals surface area (Å²) < 4.78 is 5.16. The van der Waals surface area contributed by atoms with Crippen LogP contribution in [0.15, 0.2) is 12.1 Å². The van der Waals surface area contributed by atoms with E-state index in [1.807, 2.05) is 32.9 Å². The van der Waals surface area contributed by atoms with Crippen LogP contribution in [-0.4, -0.2) is 30.7 Å². The number of nitrogens with one attached hydrogen (secondary N) is 1. The predicted molar refractivity (Wildman–Crippen MR) is 70.2 cm³/mol. The molecular formula is C14H16N2O3. The molecule has 0 aromatic heterocycles. The van der Waals surface area contributed by atoms with Gasteiger partial charge >= 0.3 is 6.03 Å². The lowest BCUT2D eigenvalue weighted by Crippen LogP contribution is -2.64. The van der Waals surface area contributed by atoms with Crippen LogP contribution in [0.2, 0.25) is 0 Å². The van der Waals surface area contributed by atoms with Gasteiger partial charge in [0.2, 0.25) is 0 Å². The van der Waals surface area contributed by atoms with Crippen LogP contribution in [0.3, 0.4) is 0 Å². The Morgan fingerprint density at radius 2 is 1.74 bits per heavy atom. The molecule has 1 aromatic carbocycles. The number of benzene rings is 1. The third-order valence-electron chi connectivity index (χ3n) is 4.13. The van der Waals surface area contributed by atoms with E-state index in [9.17, 15) is 9.59 Å². The number of amides is 3. The number of urea groups is 1. The topological polar surface area (TPSA) is 58.6 Å². The second kappa shape index (κ2) is 3.81. The van der Waals surface area contributed by atoms with Gasteiger partial charge in [0.15, 0.2) is 5.54 Å². The molecule has 0 unspecified atom stereocenters. The van der Waals surface area contributed by atoms with Crippen LogP contribution < -0.4 is 10.2 Å². The molecule has 19 heavy (non-hydrogen) atoms. The maximum absolute atomic E-state index is 12.0. The Balaban J connectivity index is 2.10. The summed E-state index contributed by atoms with van der Waals surface area (Å²) in [6.45, 7) is 6.58. The Kier molecular flexibility index (Phi) is 2.44. The molecule has 2 heterocycles. The van der Waals surface area contributed by atoms with Crippen LogP contribution >= 0.6 is 0 Å². The lowest BCUT2D eigenvalue weighted by molar-refractivity contribution is -0.138. The first-order chi connectivity index (χ1) is 8.95. The largest absolute Gasteiger partial charge is 0.375 e. The summed E-state index contributed by atoms with van der Waals surface area (Å²) in [7, 11) is 0. The molecule has 2 aliphatic rings. The van der Waals surface area contributed by atoms with Crippen molar-refractivity contribution in [2.45, 2.75) is 26.3 Å². The third-order valence-corrected chi connectivity index (χ3v) is 4.13. The van der Waals surface area contributed by atoms with Gasteiger partial charge in [0.05, 0.1) is 13.2 Å². The minimum atomic E-state index is -0.842. The number of carbonyl (C=O) groups is 2. The fraction of sp³-hybridized carbons (Fsp3) is 0.429. The van der Waals surface area contributed by atoms with Crippen LogP contribution in [0.5, 0.6) is 0 Å². The monoisotopic (exact) mass is 260 g/mol. The SMILES string of the molecule is Cc1cc(N2C(=O)NC(=O)C23COC3)cc(C)c1C. The van der Waals surface area contributed by atoms with E-state index in [1.165, 1.54) is 10.5 Å². The van der Waals surface area contributed by atoms with Gasteiger partial charge in [-0.15, -0.1) is 0 Å². The van der Waals surface area contributed by atoms with E-state index in [1.54, 1.807) is 0 Å². The van der Waals surface area contributed by atoms with Gasteiger partial charge in [0.1, 0.15) is 0 Å². The van der Waals surface area contributed by atoms with E-state index in [2.05, 4.69) is 5.32 Å². The van der Waals surface area contributed by atoms with Crippen LogP contribution in [0, 0.1) is 20.8 Å². The summed E-state index contributed by atoms with van der Waals surface area (Å²) in [5.41, 5.74) is 3.33. The van der Waals surface area contributed by atoms with Crippen molar-refractivity contribution in [2.24, 2.45) is 0 Å². The van der Waals surface area contributed by atoms with Gasteiger partial charge in [-0.25, -0.2) is 4.79 Å². The van der Waals surface area contributed by atoms with Gasteiger partial charge in [-0.2, -0.15) is 0 Å². The average molecular weight is 260 g/mol. The van der Waals surface area contributed by atoms with Crippen molar-refractivity contribution in [1.29, 1.82) is 0 Å². The number of nitrogens with zero attached hydrogens (tertiary/aromatic N) is 1. The molecule has 100 valence electrons. The molecule has 2 fully saturated rings. The van der Waals surface area contributed by atoms with Crippen LogP contribution in [0.25, 0.3) is 0 Å². The van der Waals surface area contributed by atoms with Gasteiger partial charge in [0.25, 0.3) is 5.91 Å². The zero-order valence-electron chi connectivity index (χ0n) is 11.2. The maximum atomic E-state index is 12.0. The standard InChI is InChI=1S/C14H16N2O3/c1-8-4-11(5-9(2)10(8)3)16-13(18)15-12(17)14(16)6-19-7-14/h4-5H,6-7H2,1-3H3,(H,15,17,18). The van der Waals surface area contributed by atoms with E-state index in [0.29, 0.717) is 0 Å². The first kappa shape index (κ1) is 12.2. The van der Waals surface area contributed by atoms with Gasteiger partial charge < -0.3 is 4.74 Å². The molecule has 5 nitrogen and oxygen atoms in total. The smallest absolute Gasteiger partial charge is 0.329 e. The van der Waals surface area contributed by atoms with E-state index >= 15 is 0 Å². The molecule has 2 saturated heterocycles. The predicted octanol–water partition coefficient (Wildman–Crippen LogP) is 1.44. The molecule has 1 N–H and O–H groups in total. The van der Waals surface area contributed by atoms with E-state index in [-0.39, 0.29) is 25.2 Å². The first-order valence-electron chi connectivity index (χ1n) is 6.27. The van der Waals surface area contributed by atoms with Crippen LogP contribution in [-0.2, 0) is 9.53 Å². The Morgan fingerprint density at radius 1 is 1.16 bits per heavy atom. The quantitative estimate of drug-likeness (QED) is 0.777. The number of imide groups is 1. The van der Waals surface area contributed by atoms with Gasteiger partial charge in [-0.3, -0.25) is 15.0 Å². The summed E-state index contributed by atoms with van der Waals surface area (Å²) in [4.78, 5) is 25.5. The van der Waals surface area contributed by atoms with Gasteiger partial charge in [0, 0.05) is 5.69 Å². The Bertz CT molecular complexity index is 567. The van der Waals surface area contributed by atoms with Crippen molar-refractivity contribution in [1.82, 2.24) is 5.32 Å². The summed E-state index contributed by atoms with van der Waals surface area (Å²) >= 11 is 0. The summed E-state index contributed by atoms with van der Waals surface area (Å²) in [5, 5.41) is 2.38. The Labute approximate surface area is 111 Å². The van der Waals surface area contributed by atoms with E-state index in [0.717, 1.165) is 16.8 Å². The molecule has 0 bridgehead atoms. The third kappa shape index (κ3) is 1.51. The fourth-order valence-electron chi connectivity index (χ4n) is 2.63. The minimum absolute atomic E-state index is 0.260. The molecule has 0 saturated carbocycles. The van der Waals surface area contributed by atoms with Crippen molar-refractivity contribution in [3.8, 4) is 0 Å². The Hall–Kier alpha value is -1.88. The molecule has 3 rings (SSSR count).